The number of thiazole rings is 1. The van der Waals surface area contributed by atoms with Crippen molar-refractivity contribution in [2.45, 2.75) is 19.6 Å². The molecule has 1 aromatic heterocycles. The molecular formula is C36H27BrI2N2O5S. The molecule has 0 unspecified atom stereocenters. The first-order chi connectivity index (χ1) is 22.8. The summed E-state index contributed by atoms with van der Waals surface area (Å²) in [4.78, 5) is 33.6. The molecule has 47 heavy (non-hydrogen) atoms. The Morgan fingerprint density at radius 1 is 1.02 bits per heavy atom. The first-order valence-corrected chi connectivity index (χ1v) is 18.3. The second-order valence-corrected chi connectivity index (χ2v) is 14.8. The zero-order valence-corrected chi connectivity index (χ0v) is 31.9. The summed E-state index contributed by atoms with van der Waals surface area (Å²) in [6.45, 7) is 2.31. The molecular weight excluding hydrogens is 906 g/mol. The zero-order valence-electron chi connectivity index (χ0n) is 25.2. The molecule has 0 aliphatic carbocycles. The molecule has 5 aromatic rings. The molecule has 7 nitrogen and oxygen atoms in total. The summed E-state index contributed by atoms with van der Waals surface area (Å²) in [5.74, 6) is 0.819. The fourth-order valence-corrected chi connectivity index (χ4v) is 8.56. The summed E-state index contributed by atoms with van der Waals surface area (Å²) >= 11 is 9.30. The number of rotatable bonds is 9. The number of nitrogens with zero attached hydrogens (tertiary/aromatic N) is 2. The van der Waals surface area contributed by atoms with Crippen LogP contribution in [0.4, 0.5) is 0 Å². The van der Waals surface area contributed by atoms with Gasteiger partial charge in [0.05, 0.1) is 39.1 Å². The van der Waals surface area contributed by atoms with Gasteiger partial charge >= 0.3 is 5.97 Å². The third-order valence-electron chi connectivity index (χ3n) is 7.43. The van der Waals surface area contributed by atoms with Gasteiger partial charge in [-0.25, -0.2) is 9.79 Å². The molecule has 1 aliphatic heterocycles. The minimum Gasteiger partial charge on any atom is -0.497 e. The number of halogens is 3. The summed E-state index contributed by atoms with van der Waals surface area (Å²) in [5.41, 5.74) is 3.78. The largest absolute Gasteiger partial charge is 0.497 e. The average molecular weight is 933 g/mol. The standard InChI is InChI=1S/C36H27BrI2N2O5S/c1-3-45-35(43)30-31(22-7-5-4-6-8-22)40-36-41(32(30)23-11-15-27(44-2)16-12-23)34(42)29(47-36)18-24-17-26(38)19-28(39)33(24)46-20-21-9-13-25(37)14-10-21/h4-19,32H,3,20H2,1-2H3/b29-18-/t32-/m1/s1. The van der Waals surface area contributed by atoms with Crippen molar-refractivity contribution in [3.8, 4) is 11.5 Å². The van der Waals surface area contributed by atoms with E-state index in [1.807, 2.05) is 97.1 Å². The summed E-state index contributed by atoms with van der Waals surface area (Å²) < 4.78 is 22.3. The van der Waals surface area contributed by atoms with E-state index in [1.165, 1.54) is 11.3 Å². The maximum Gasteiger partial charge on any atom is 0.338 e. The number of hydrogen-bond acceptors (Lipinski definition) is 7. The molecule has 1 atom stereocenters. The highest BCUT2D eigenvalue weighted by atomic mass is 127. The Kier molecular flexibility index (Phi) is 10.6. The van der Waals surface area contributed by atoms with Crippen LogP contribution in [0.5, 0.6) is 11.5 Å². The molecule has 0 radical (unpaired) electrons. The average Bonchev–Trinajstić information content (AvgIpc) is 3.38. The molecule has 0 N–H and O–H groups in total. The predicted molar refractivity (Wildman–Crippen MR) is 204 cm³/mol. The second kappa shape index (κ2) is 14.9. The maximum atomic E-state index is 14.4. The Morgan fingerprint density at radius 2 is 1.74 bits per heavy atom. The van der Waals surface area contributed by atoms with Crippen molar-refractivity contribution in [1.82, 2.24) is 4.57 Å². The van der Waals surface area contributed by atoms with E-state index in [2.05, 4.69) is 61.1 Å². The molecule has 0 saturated heterocycles. The van der Waals surface area contributed by atoms with Gasteiger partial charge in [0.1, 0.15) is 18.1 Å². The van der Waals surface area contributed by atoms with Crippen LogP contribution in [0, 0.1) is 7.14 Å². The van der Waals surface area contributed by atoms with E-state index in [0.717, 1.165) is 33.9 Å². The van der Waals surface area contributed by atoms with Crippen LogP contribution in [0.3, 0.4) is 0 Å². The molecule has 0 bridgehead atoms. The van der Waals surface area contributed by atoms with Gasteiger partial charge in [-0.3, -0.25) is 9.36 Å². The first-order valence-electron chi connectivity index (χ1n) is 14.6. The van der Waals surface area contributed by atoms with Crippen molar-refractivity contribution < 1.29 is 19.0 Å². The smallest absolute Gasteiger partial charge is 0.338 e. The number of carbonyl (C=O) groups is 1. The van der Waals surface area contributed by atoms with E-state index < -0.39 is 12.0 Å². The molecule has 11 heteroatoms. The van der Waals surface area contributed by atoms with Crippen molar-refractivity contribution in [1.29, 1.82) is 0 Å². The lowest BCUT2D eigenvalue weighted by Crippen LogP contribution is -2.40. The normalized spacial score (nSPS) is 14.4. The number of benzene rings is 4. The molecule has 1 aliphatic rings. The lowest BCUT2D eigenvalue weighted by Gasteiger charge is -2.26. The molecule has 6 rings (SSSR count). The van der Waals surface area contributed by atoms with Gasteiger partial charge in [-0.05, 0) is 106 Å². The Labute approximate surface area is 311 Å². The van der Waals surface area contributed by atoms with Crippen molar-refractivity contribution in [2.75, 3.05) is 13.7 Å². The van der Waals surface area contributed by atoms with Crippen LogP contribution >= 0.6 is 72.4 Å². The minimum absolute atomic E-state index is 0.179. The number of hydrogen-bond donors (Lipinski definition) is 0. The topological polar surface area (TPSA) is 79.1 Å². The quantitative estimate of drug-likeness (QED) is 0.113. The minimum atomic E-state index is -0.780. The van der Waals surface area contributed by atoms with Gasteiger partial charge in [-0.2, -0.15) is 0 Å². The van der Waals surface area contributed by atoms with Gasteiger partial charge in [0.2, 0.25) is 0 Å². The number of fused-ring (bicyclic) bond motifs is 1. The maximum absolute atomic E-state index is 14.4. The van der Waals surface area contributed by atoms with Crippen LogP contribution in [0.25, 0.3) is 11.8 Å². The molecule has 0 fully saturated rings. The zero-order chi connectivity index (χ0) is 33.1. The summed E-state index contributed by atoms with van der Waals surface area (Å²) in [7, 11) is 1.60. The Bertz CT molecular complexity index is 2160. The predicted octanol–water partition coefficient (Wildman–Crippen LogP) is 7.49. The molecule has 0 amide bonds. The monoisotopic (exact) mass is 932 g/mol. The van der Waals surface area contributed by atoms with Crippen molar-refractivity contribution in [3.05, 3.63) is 150 Å². The van der Waals surface area contributed by atoms with E-state index in [4.69, 9.17) is 19.2 Å². The first kappa shape index (κ1) is 33.6. The summed E-state index contributed by atoms with van der Waals surface area (Å²) in [5, 5.41) is 0. The van der Waals surface area contributed by atoms with Gasteiger partial charge in [-0.15, -0.1) is 0 Å². The SMILES string of the molecule is CCOC(=O)C1=C(c2ccccc2)N=c2s/c(=C\c3cc(I)cc(I)c3OCc3ccc(Br)cc3)c(=O)n2[C@@H]1c1ccc(OC)cc1. The van der Waals surface area contributed by atoms with Gasteiger partial charge in [-0.1, -0.05) is 81.9 Å². The van der Waals surface area contributed by atoms with E-state index >= 15 is 0 Å². The van der Waals surface area contributed by atoms with E-state index in [9.17, 15) is 9.59 Å². The lowest BCUT2D eigenvalue weighted by atomic mass is 9.93. The van der Waals surface area contributed by atoms with E-state index in [-0.39, 0.29) is 12.2 Å². The van der Waals surface area contributed by atoms with E-state index in [1.54, 1.807) is 18.6 Å². The highest BCUT2D eigenvalue weighted by molar-refractivity contribution is 14.1. The van der Waals surface area contributed by atoms with Crippen molar-refractivity contribution in [2.24, 2.45) is 4.99 Å². The van der Waals surface area contributed by atoms with Crippen LogP contribution < -0.4 is 24.4 Å². The van der Waals surface area contributed by atoms with E-state index in [0.29, 0.717) is 38.7 Å². The second-order valence-electron chi connectivity index (χ2n) is 10.4. The number of esters is 1. The van der Waals surface area contributed by atoms with Crippen molar-refractivity contribution >= 4 is 90.2 Å². The van der Waals surface area contributed by atoms with Gasteiger partial charge in [0, 0.05) is 19.2 Å². The lowest BCUT2D eigenvalue weighted by molar-refractivity contribution is -0.138. The summed E-state index contributed by atoms with van der Waals surface area (Å²) in [6.07, 6.45) is 1.85. The highest BCUT2D eigenvalue weighted by Gasteiger charge is 2.35. The van der Waals surface area contributed by atoms with Crippen LogP contribution in [0.15, 0.2) is 111 Å². The number of ether oxygens (including phenoxy) is 3. The molecule has 238 valence electrons. The molecule has 2 heterocycles. The van der Waals surface area contributed by atoms with Crippen LogP contribution in [0.1, 0.15) is 35.2 Å². The van der Waals surface area contributed by atoms with Gasteiger partial charge in [0.25, 0.3) is 5.56 Å². The fraction of sp³-hybridized carbons (Fsp3) is 0.139. The number of aromatic nitrogens is 1. The molecule has 4 aromatic carbocycles. The fourth-order valence-electron chi connectivity index (χ4n) is 5.26. The summed E-state index contributed by atoms with van der Waals surface area (Å²) in [6, 6.07) is 28.1. The third kappa shape index (κ3) is 7.27. The Hall–Kier alpha value is -3.27. The van der Waals surface area contributed by atoms with Crippen LogP contribution in [0.2, 0.25) is 0 Å². The van der Waals surface area contributed by atoms with Gasteiger partial charge < -0.3 is 14.2 Å². The molecule has 0 spiro atoms. The highest BCUT2D eigenvalue weighted by Crippen LogP contribution is 2.36. The Balaban J connectivity index is 1.55. The molecule has 0 saturated carbocycles. The van der Waals surface area contributed by atoms with Crippen LogP contribution in [-0.2, 0) is 16.1 Å². The van der Waals surface area contributed by atoms with Crippen molar-refractivity contribution in [3.63, 3.8) is 0 Å². The third-order valence-corrected chi connectivity index (χ3v) is 10.4. The Morgan fingerprint density at radius 3 is 2.43 bits per heavy atom. The van der Waals surface area contributed by atoms with Gasteiger partial charge in [0.15, 0.2) is 4.80 Å². The van der Waals surface area contributed by atoms with Crippen LogP contribution in [-0.4, -0.2) is 24.3 Å². The number of methoxy groups -OCH3 is 1. The number of carbonyl (C=O) groups excluding carboxylic acids is 1.